The van der Waals surface area contributed by atoms with Gasteiger partial charge in [0, 0.05) is 10.5 Å². The predicted octanol–water partition coefficient (Wildman–Crippen LogP) is 5.11. The second kappa shape index (κ2) is 6.41. The largest absolute Gasteiger partial charge is 0.495 e. The number of anilines is 2. The fourth-order valence-electron chi connectivity index (χ4n) is 1.67. The monoisotopic (exact) mass is 416 g/mol. The van der Waals surface area contributed by atoms with Crippen molar-refractivity contribution in [1.82, 2.24) is 0 Å². The molecule has 1 N–H and O–H groups in total. The summed E-state index contributed by atoms with van der Waals surface area (Å²) in [5.41, 5.74) is 0.0136. The van der Waals surface area contributed by atoms with Crippen molar-refractivity contribution in [1.29, 1.82) is 5.26 Å². The Morgan fingerprint density at radius 3 is 2.24 bits per heavy atom. The second-order valence-electron chi connectivity index (χ2n) is 4.02. The van der Waals surface area contributed by atoms with Gasteiger partial charge >= 0.3 is 0 Å². The van der Waals surface area contributed by atoms with Gasteiger partial charge in [-0.3, -0.25) is 0 Å². The summed E-state index contributed by atoms with van der Waals surface area (Å²) in [5.74, 6) is -1.18. The van der Waals surface area contributed by atoms with Gasteiger partial charge in [0.2, 0.25) is 0 Å². The van der Waals surface area contributed by atoms with E-state index in [1.54, 1.807) is 18.2 Å². The number of hydrogen-bond donors (Lipinski definition) is 1. The van der Waals surface area contributed by atoms with Crippen LogP contribution in [-0.4, -0.2) is 7.11 Å². The lowest BCUT2D eigenvalue weighted by Crippen LogP contribution is -2.00. The maximum Gasteiger partial charge on any atom is 0.150 e. The first-order valence-corrected chi connectivity index (χ1v) is 7.24. The number of nitrogens with zero attached hydrogens (tertiary/aromatic N) is 1. The topological polar surface area (TPSA) is 45.0 Å². The molecule has 21 heavy (non-hydrogen) atoms. The molecule has 0 heterocycles. The van der Waals surface area contributed by atoms with E-state index in [9.17, 15) is 8.78 Å². The summed E-state index contributed by atoms with van der Waals surface area (Å²) in [4.78, 5) is 0. The van der Waals surface area contributed by atoms with Gasteiger partial charge in [-0.2, -0.15) is 5.26 Å². The molecule has 0 saturated carbocycles. The third-order valence-corrected chi connectivity index (χ3v) is 3.95. The van der Waals surface area contributed by atoms with E-state index in [-0.39, 0.29) is 11.3 Å². The summed E-state index contributed by atoms with van der Waals surface area (Å²) in [6.07, 6.45) is 0. The number of hydrogen-bond acceptors (Lipinski definition) is 3. The summed E-state index contributed by atoms with van der Waals surface area (Å²) in [6.45, 7) is 0. The van der Waals surface area contributed by atoms with E-state index >= 15 is 0 Å². The highest BCUT2D eigenvalue weighted by Gasteiger charge is 2.14. The van der Waals surface area contributed by atoms with Gasteiger partial charge in [0.1, 0.15) is 11.4 Å². The van der Waals surface area contributed by atoms with Crippen molar-refractivity contribution >= 4 is 43.2 Å². The van der Waals surface area contributed by atoms with Crippen LogP contribution in [0.1, 0.15) is 5.56 Å². The van der Waals surface area contributed by atoms with Crippen LogP contribution in [-0.2, 0) is 0 Å². The highest BCUT2D eigenvalue weighted by molar-refractivity contribution is 9.11. The van der Waals surface area contributed by atoms with Crippen molar-refractivity contribution < 1.29 is 13.5 Å². The van der Waals surface area contributed by atoms with Gasteiger partial charge < -0.3 is 10.1 Å². The summed E-state index contributed by atoms with van der Waals surface area (Å²) in [7, 11) is 1.49. The van der Waals surface area contributed by atoms with Crippen LogP contribution in [0.3, 0.4) is 0 Å². The van der Waals surface area contributed by atoms with Crippen LogP contribution in [0.25, 0.3) is 0 Å². The molecule has 3 nitrogen and oxygen atoms in total. The van der Waals surface area contributed by atoms with E-state index in [1.165, 1.54) is 7.11 Å². The molecular formula is C14H8Br2F2N2O. The fraction of sp³-hybridized carbons (Fsp3) is 0.0714. The molecular weight excluding hydrogens is 410 g/mol. The molecule has 0 aliphatic heterocycles. The van der Waals surface area contributed by atoms with Crippen LogP contribution < -0.4 is 10.1 Å². The van der Waals surface area contributed by atoms with Crippen LogP contribution in [0.2, 0.25) is 0 Å². The molecule has 0 bridgehead atoms. The zero-order chi connectivity index (χ0) is 15.6. The van der Waals surface area contributed by atoms with E-state index in [1.807, 2.05) is 0 Å². The van der Waals surface area contributed by atoms with Gasteiger partial charge in [-0.1, -0.05) is 0 Å². The van der Waals surface area contributed by atoms with Gasteiger partial charge in [-0.25, -0.2) is 8.78 Å². The second-order valence-corrected chi connectivity index (χ2v) is 5.73. The first-order chi connectivity index (χ1) is 9.96. The zero-order valence-electron chi connectivity index (χ0n) is 10.7. The lowest BCUT2D eigenvalue weighted by atomic mass is 10.2. The quantitative estimate of drug-likeness (QED) is 0.754. The maximum atomic E-state index is 13.9. The van der Waals surface area contributed by atoms with Gasteiger partial charge in [0.15, 0.2) is 11.6 Å². The number of methoxy groups -OCH3 is 1. The van der Waals surface area contributed by atoms with E-state index < -0.39 is 11.6 Å². The number of benzene rings is 2. The zero-order valence-corrected chi connectivity index (χ0v) is 13.8. The molecule has 0 unspecified atom stereocenters. The van der Waals surface area contributed by atoms with Crippen LogP contribution in [0.5, 0.6) is 5.75 Å². The van der Waals surface area contributed by atoms with Gasteiger partial charge in [-0.05, 0) is 50.1 Å². The van der Waals surface area contributed by atoms with Crippen LogP contribution in [0.15, 0.2) is 33.2 Å². The Bertz CT molecular complexity index is 721. The molecule has 2 aromatic carbocycles. The Morgan fingerprint density at radius 2 is 1.71 bits per heavy atom. The first kappa shape index (κ1) is 15.7. The minimum Gasteiger partial charge on any atom is -0.495 e. The number of nitriles is 1. The third-order valence-electron chi connectivity index (χ3n) is 2.67. The predicted molar refractivity (Wildman–Crippen MR) is 82.7 cm³/mol. The Hall–Kier alpha value is -1.65. The highest BCUT2D eigenvalue weighted by Crippen LogP contribution is 2.37. The molecule has 0 fully saturated rings. The molecule has 0 aliphatic rings. The average Bonchev–Trinajstić information content (AvgIpc) is 2.44. The molecule has 0 saturated heterocycles. The average molecular weight is 418 g/mol. The fourth-order valence-corrected chi connectivity index (χ4v) is 2.93. The molecule has 7 heteroatoms. The summed E-state index contributed by atoms with van der Waals surface area (Å²) in [6, 6.07) is 6.91. The Balaban J connectivity index is 2.46. The lowest BCUT2D eigenvalue weighted by Gasteiger charge is -2.13. The van der Waals surface area contributed by atoms with E-state index in [0.29, 0.717) is 20.4 Å². The van der Waals surface area contributed by atoms with Gasteiger partial charge in [0.05, 0.1) is 28.9 Å². The number of rotatable bonds is 3. The highest BCUT2D eigenvalue weighted by atomic mass is 79.9. The maximum absolute atomic E-state index is 13.9. The molecule has 108 valence electrons. The Kier molecular flexibility index (Phi) is 4.80. The van der Waals surface area contributed by atoms with E-state index in [2.05, 4.69) is 37.2 Å². The number of nitrogens with one attached hydrogen (secondary N) is 1. The van der Waals surface area contributed by atoms with Crippen molar-refractivity contribution in [2.45, 2.75) is 0 Å². The van der Waals surface area contributed by atoms with Crippen molar-refractivity contribution in [3.8, 4) is 11.8 Å². The Morgan fingerprint density at radius 1 is 1.10 bits per heavy atom. The molecule has 0 amide bonds. The van der Waals surface area contributed by atoms with E-state index in [4.69, 9.17) is 10.00 Å². The van der Waals surface area contributed by atoms with Gasteiger partial charge in [0.25, 0.3) is 0 Å². The molecule has 0 aliphatic carbocycles. The lowest BCUT2D eigenvalue weighted by molar-refractivity contribution is 0.412. The molecule has 2 aromatic rings. The number of halogens is 4. The molecule has 0 atom stereocenters. The SMILES string of the molecule is COc1cc(Nc2c(F)cc(C#N)cc2F)c(Br)cc1Br. The Labute approximate surface area is 136 Å². The molecule has 0 radical (unpaired) electrons. The van der Waals surface area contributed by atoms with Gasteiger partial charge in [-0.15, -0.1) is 0 Å². The first-order valence-electron chi connectivity index (χ1n) is 5.65. The summed E-state index contributed by atoms with van der Waals surface area (Å²) in [5, 5.41) is 11.3. The van der Waals surface area contributed by atoms with Crippen molar-refractivity contribution in [3.05, 3.63) is 50.4 Å². The van der Waals surface area contributed by atoms with Crippen LogP contribution >= 0.6 is 31.9 Å². The summed E-state index contributed by atoms with van der Waals surface area (Å²) >= 11 is 6.61. The number of ether oxygens (including phenoxy) is 1. The normalized spacial score (nSPS) is 10.1. The minimum atomic E-state index is -0.847. The van der Waals surface area contributed by atoms with Crippen molar-refractivity contribution in [2.24, 2.45) is 0 Å². The summed E-state index contributed by atoms with van der Waals surface area (Å²) < 4.78 is 34.2. The standard InChI is InChI=1S/C14H8Br2F2N2O/c1-21-13-5-12(8(15)4-9(13)16)20-14-10(17)2-7(6-19)3-11(14)18/h2-5,20H,1H3. The molecule has 0 aromatic heterocycles. The molecule has 0 spiro atoms. The van der Waals surface area contributed by atoms with Crippen LogP contribution in [0, 0.1) is 23.0 Å². The smallest absolute Gasteiger partial charge is 0.150 e. The third kappa shape index (κ3) is 3.34. The minimum absolute atomic E-state index is 0.0806. The molecule has 2 rings (SSSR count). The van der Waals surface area contributed by atoms with Crippen molar-refractivity contribution in [2.75, 3.05) is 12.4 Å². The van der Waals surface area contributed by atoms with Crippen molar-refractivity contribution in [3.63, 3.8) is 0 Å². The van der Waals surface area contributed by atoms with E-state index in [0.717, 1.165) is 12.1 Å². The van der Waals surface area contributed by atoms with Crippen LogP contribution in [0.4, 0.5) is 20.2 Å².